The Hall–Kier alpha value is -1.11. The molecule has 1 unspecified atom stereocenters. The summed E-state index contributed by atoms with van der Waals surface area (Å²) in [5.41, 5.74) is 5.78. The van der Waals surface area contributed by atoms with Gasteiger partial charge in [0.05, 0.1) is 5.69 Å². The van der Waals surface area contributed by atoms with Crippen molar-refractivity contribution in [3.8, 4) is 0 Å². The summed E-state index contributed by atoms with van der Waals surface area (Å²) in [6.45, 7) is 9.19. The third kappa shape index (κ3) is 3.87. The van der Waals surface area contributed by atoms with Crippen LogP contribution in [0, 0.1) is 11.3 Å². The van der Waals surface area contributed by atoms with Gasteiger partial charge in [0, 0.05) is 11.1 Å². The van der Waals surface area contributed by atoms with E-state index >= 15 is 0 Å². The van der Waals surface area contributed by atoms with Gasteiger partial charge in [0.25, 0.3) is 0 Å². The van der Waals surface area contributed by atoms with Crippen LogP contribution < -0.4 is 0 Å². The van der Waals surface area contributed by atoms with Gasteiger partial charge in [0.15, 0.2) is 0 Å². The number of nitrogens with zero attached hydrogens (tertiary/aromatic N) is 1. The van der Waals surface area contributed by atoms with E-state index in [0.29, 0.717) is 5.92 Å². The second-order valence-corrected chi connectivity index (χ2v) is 8.70. The van der Waals surface area contributed by atoms with Crippen LogP contribution in [-0.2, 0) is 6.42 Å². The minimum absolute atomic E-state index is 0.185. The number of aryl methyl sites for hydroxylation is 1. The van der Waals surface area contributed by atoms with Crippen LogP contribution in [-0.4, -0.2) is 5.71 Å². The van der Waals surface area contributed by atoms with E-state index in [9.17, 15) is 0 Å². The Morgan fingerprint density at radius 1 is 1.09 bits per heavy atom. The average Bonchev–Trinajstić information content (AvgIpc) is 2.54. The minimum Gasteiger partial charge on any atom is -0.257 e. The molecule has 1 aromatic carbocycles. The normalized spacial score (nSPS) is 22.6. The first-order chi connectivity index (χ1) is 11.0. The molecule has 0 saturated heterocycles. The molecule has 1 aromatic rings. The number of hydrogen-bond acceptors (Lipinski definition) is 1. The second kappa shape index (κ2) is 6.79. The second-order valence-electron chi connectivity index (χ2n) is 8.70. The predicted octanol–water partition coefficient (Wildman–Crippen LogP) is 6.83. The molecule has 0 radical (unpaired) electrons. The van der Waals surface area contributed by atoms with Gasteiger partial charge in [-0.2, -0.15) is 0 Å². The third-order valence-electron chi connectivity index (χ3n) is 5.85. The lowest BCUT2D eigenvalue weighted by molar-refractivity contribution is 0.317. The number of benzene rings is 1. The smallest absolute Gasteiger partial charge is 0.0666 e. The zero-order chi connectivity index (χ0) is 16.4. The Labute approximate surface area is 142 Å². The maximum Gasteiger partial charge on any atom is 0.0666 e. The molecule has 1 heteroatoms. The number of hydrogen-bond donors (Lipinski definition) is 0. The Kier molecular flexibility index (Phi) is 4.94. The zero-order valence-corrected chi connectivity index (χ0v) is 15.5. The van der Waals surface area contributed by atoms with Gasteiger partial charge in [0.2, 0.25) is 0 Å². The van der Waals surface area contributed by atoms with Gasteiger partial charge in [-0.1, -0.05) is 71.9 Å². The highest BCUT2D eigenvalue weighted by atomic mass is 14.8. The van der Waals surface area contributed by atoms with E-state index in [1.165, 1.54) is 67.5 Å². The summed E-state index contributed by atoms with van der Waals surface area (Å²) < 4.78 is 0. The van der Waals surface area contributed by atoms with Gasteiger partial charge in [-0.15, -0.1) is 0 Å². The molecule has 0 spiro atoms. The van der Waals surface area contributed by atoms with Crippen molar-refractivity contribution < 1.29 is 0 Å². The summed E-state index contributed by atoms with van der Waals surface area (Å²) in [4.78, 5) is 5.09. The monoisotopic (exact) mass is 311 g/mol. The molecule has 1 aliphatic carbocycles. The number of aliphatic imine (C=N–C) groups is 1. The van der Waals surface area contributed by atoms with Crippen LogP contribution in [0.15, 0.2) is 23.2 Å². The van der Waals surface area contributed by atoms with E-state index in [1.54, 1.807) is 0 Å². The van der Waals surface area contributed by atoms with Crippen LogP contribution >= 0.6 is 0 Å². The van der Waals surface area contributed by atoms with Gasteiger partial charge < -0.3 is 0 Å². The molecule has 0 amide bonds. The lowest BCUT2D eigenvalue weighted by atomic mass is 9.74. The molecule has 2 aliphatic rings. The van der Waals surface area contributed by atoms with Crippen LogP contribution in [0.1, 0.15) is 89.7 Å². The summed E-state index contributed by atoms with van der Waals surface area (Å²) >= 11 is 0. The lowest BCUT2D eigenvalue weighted by Gasteiger charge is -2.34. The summed E-state index contributed by atoms with van der Waals surface area (Å²) in [5, 5.41) is 0. The van der Waals surface area contributed by atoms with Gasteiger partial charge in [0.1, 0.15) is 0 Å². The number of fused-ring (bicyclic) bond motifs is 1. The molecule has 3 rings (SSSR count). The minimum atomic E-state index is 0.185. The van der Waals surface area contributed by atoms with Crippen molar-refractivity contribution in [1.29, 1.82) is 0 Å². The molecule has 1 nitrogen and oxygen atoms in total. The molecular weight excluding hydrogens is 278 g/mol. The Morgan fingerprint density at radius 3 is 2.48 bits per heavy atom. The van der Waals surface area contributed by atoms with E-state index in [0.717, 1.165) is 12.3 Å². The molecule has 0 N–H and O–H groups in total. The molecule has 1 saturated carbocycles. The number of rotatable bonds is 3. The van der Waals surface area contributed by atoms with Crippen LogP contribution in [0.3, 0.4) is 0 Å². The predicted molar refractivity (Wildman–Crippen MR) is 101 cm³/mol. The Balaban J connectivity index is 1.90. The van der Waals surface area contributed by atoms with Crippen molar-refractivity contribution in [3.63, 3.8) is 0 Å². The fraction of sp³-hybridized carbons (Fsp3) is 0.682. The standard InChI is InChI=1S/C22H33N/c1-5-16-11-12-19-18(13-17-9-7-6-8-10-17)15-21(22(2,3)4)23-20(19)14-16/h11-12,14,17-18H,5-10,13,15H2,1-4H3. The largest absolute Gasteiger partial charge is 0.257 e. The molecule has 0 bridgehead atoms. The zero-order valence-electron chi connectivity index (χ0n) is 15.5. The first kappa shape index (κ1) is 16.7. The first-order valence-electron chi connectivity index (χ1n) is 9.68. The highest BCUT2D eigenvalue weighted by molar-refractivity contribution is 5.94. The molecule has 1 aliphatic heterocycles. The van der Waals surface area contributed by atoms with Crippen molar-refractivity contribution in [1.82, 2.24) is 0 Å². The van der Waals surface area contributed by atoms with E-state index in [2.05, 4.69) is 45.9 Å². The third-order valence-corrected chi connectivity index (χ3v) is 5.85. The fourth-order valence-corrected chi connectivity index (χ4v) is 4.30. The van der Waals surface area contributed by atoms with Crippen molar-refractivity contribution >= 4 is 11.4 Å². The van der Waals surface area contributed by atoms with Gasteiger partial charge in [-0.3, -0.25) is 4.99 Å². The molecular formula is C22H33N. The highest BCUT2D eigenvalue weighted by Gasteiger charge is 2.30. The molecule has 1 atom stereocenters. The Morgan fingerprint density at radius 2 is 1.83 bits per heavy atom. The van der Waals surface area contributed by atoms with E-state index in [1.807, 2.05) is 0 Å². The topological polar surface area (TPSA) is 12.4 Å². The summed E-state index contributed by atoms with van der Waals surface area (Å²) in [7, 11) is 0. The molecule has 0 aromatic heterocycles. The summed E-state index contributed by atoms with van der Waals surface area (Å²) in [5.74, 6) is 1.62. The molecule has 1 fully saturated rings. The van der Waals surface area contributed by atoms with Crippen molar-refractivity contribution in [2.45, 2.75) is 85.0 Å². The summed E-state index contributed by atoms with van der Waals surface area (Å²) in [6.07, 6.45) is 10.9. The van der Waals surface area contributed by atoms with Crippen molar-refractivity contribution in [2.75, 3.05) is 0 Å². The molecule has 23 heavy (non-hydrogen) atoms. The van der Waals surface area contributed by atoms with Crippen molar-refractivity contribution in [3.05, 3.63) is 29.3 Å². The van der Waals surface area contributed by atoms with E-state index in [4.69, 9.17) is 4.99 Å². The summed E-state index contributed by atoms with van der Waals surface area (Å²) in [6, 6.07) is 7.04. The maximum atomic E-state index is 5.09. The van der Waals surface area contributed by atoms with Crippen LogP contribution in [0.5, 0.6) is 0 Å². The molecule has 126 valence electrons. The maximum absolute atomic E-state index is 5.09. The fourth-order valence-electron chi connectivity index (χ4n) is 4.30. The van der Waals surface area contributed by atoms with Gasteiger partial charge in [-0.05, 0) is 48.3 Å². The SMILES string of the molecule is CCc1ccc2c(c1)N=C(C(C)(C)C)CC2CC1CCCCC1. The van der Waals surface area contributed by atoms with Crippen molar-refractivity contribution in [2.24, 2.45) is 16.3 Å². The van der Waals surface area contributed by atoms with E-state index in [-0.39, 0.29) is 5.41 Å². The Bertz CT molecular complexity index is 570. The van der Waals surface area contributed by atoms with Gasteiger partial charge in [-0.25, -0.2) is 0 Å². The highest BCUT2D eigenvalue weighted by Crippen LogP contribution is 2.44. The van der Waals surface area contributed by atoms with E-state index < -0.39 is 0 Å². The van der Waals surface area contributed by atoms with Gasteiger partial charge >= 0.3 is 0 Å². The quantitative estimate of drug-likeness (QED) is 0.580. The molecule has 1 heterocycles. The van der Waals surface area contributed by atoms with Crippen LogP contribution in [0.25, 0.3) is 0 Å². The first-order valence-corrected chi connectivity index (χ1v) is 9.68. The lowest BCUT2D eigenvalue weighted by Crippen LogP contribution is -2.26. The average molecular weight is 312 g/mol. The van der Waals surface area contributed by atoms with Crippen LogP contribution in [0.2, 0.25) is 0 Å². The van der Waals surface area contributed by atoms with Crippen LogP contribution in [0.4, 0.5) is 5.69 Å².